The first-order chi connectivity index (χ1) is 10.4. The Bertz CT molecular complexity index is 516. The number of benzene rings is 1. The van der Waals surface area contributed by atoms with Gasteiger partial charge in [0.05, 0.1) is 0 Å². The van der Waals surface area contributed by atoms with Crippen LogP contribution >= 0.6 is 0 Å². The normalized spacial score (nSPS) is 20.8. The molecule has 2 fully saturated rings. The predicted octanol–water partition coefficient (Wildman–Crippen LogP) is 5.34. The van der Waals surface area contributed by atoms with Crippen molar-refractivity contribution in [2.75, 3.05) is 0 Å². The molecule has 22 heavy (non-hydrogen) atoms. The Kier molecular flexibility index (Phi) is 4.13. The lowest BCUT2D eigenvalue weighted by Gasteiger charge is -2.13. The van der Waals surface area contributed by atoms with Crippen LogP contribution in [0.3, 0.4) is 0 Å². The summed E-state index contributed by atoms with van der Waals surface area (Å²) in [5.41, 5.74) is 2.94. The van der Waals surface area contributed by atoms with E-state index < -0.39 is 0 Å². The van der Waals surface area contributed by atoms with E-state index in [1.54, 1.807) is 0 Å². The molecule has 2 aliphatic carbocycles. The molecule has 0 amide bonds. The second-order valence-corrected chi connectivity index (χ2v) is 8.44. The van der Waals surface area contributed by atoms with Gasteiger partial charge in [-0.1, -0.05) is 13.8 Å². The van der Waals surface area contributed by atoms with E-state index in [-0.39, 0.29) is 11.5 Å². The average Bonchev–Trinajstić information content (AvgIpc) is 3.34. The van der Waals surface area contributed by atoms with Crippen molar-refractivity contribution in [3.8, 4) is 11.5 Å². The average molecular weight is 302 g/mol. The van der Waals surface area contributed by atoms with Gasteiger partial charge in [-0.2, -0.15) is 0 Å². The molecule has 1 aromatic rings. The highest BCUT2D eigenvalue weighted by Crippen LogP contribution is 2.50. The van der Waals surface area contributed by atoms with Gasteiger partial charge in [0.15, 0.2) is 0 Å². The van der Waals surface area contributed by atoms with E-state index in [9.17, 15) is 10.2 Å². The van der Waals surface area contributed by atoms with Crippen molar-refractivity contribution in [3.63, 3.8) is 0 Å². The lowest BCUT2D eigenvalue weighted by molar-refractivity contribution is 0.427. The fourth-order valence-corrected chi connectivity index (χ4v) is 3.44. The molecule has 2 nitrogen and oxygen atoms in total. The minimum atomic E-state index is 0.286. The van der Waals surface area contributed by atoms with Crippen molar-refractivity contribution >= 4 is 0 Å². The Morgan fingerprint density at radius 3 is 1.73 bits per heavy atom. The zero-order valence-corrected chi connectivity index (χ0v) is 14.1. The molecule has 2 saturated carbocycles. The van der Waals surface area contributed by atoms with Gasteiger partial charge in [0, 0.05) is 5.56 Å². The highest BCUT2D eigenvalue weighted by atomic mass is 16.3. The molecule has 0 aliphatic heterocycles. The summed E-state index contributed by atoms with van der Waals surface area (Å²) in [5.74, 6) is 0.571. The lowest BCUT2D eigenvalue weighted by atomic mass is 9.95. The molecule has 2 N–H and O–H groups in total. The zero-order chi connectivity index (χ0) is 15.8. The van der Waals surface area contributed by atoms with E-state index in [4.69, 9.17) is 0 Å². The van der Waals surface area contributed by atoms with Gasteiger partial charge in [-0.05, 0) is 92.7 Å². The molecule has 0 unspecified atom stereocenters. The highest BCUT2D eigenvalue weighted by molar-refractivity contribution is 5.46. The molecule has 0 spiro atoms. The van der Waals surface area contributed by atoms with Crippen LogP contribution in [0, 0.1) is 10.8 Å². The third-order valence-electron chi connectivity index (χ3n) is 5.92. The number of rotatable bonds is 8. The molecule has 0 heterocycles. The van der Waals surface area contributed by atoms with Crippen LogP contribution in [0.15, 0.2) is 12.1 Å². The summed E-state index contributed by atoms with van der Waals surface area (Å²) in [5, 5.41) is 20.5. The molecule has 1 aromatic carbocycles. The van der Waals surface area contributed by atoms with Gasteiger partial charge in [0.2, 0.25) is 0 Å². The number of phenolic OH excluding ortho intramolecular Hbond substituents is 2. The lowest BCUT2D eigenvalue weighted by Crippen LogP contribution is -1.97. The van der Waals surface area contributed by atoms with Gasteiger partial charge >= 0.3 is 0 Å². The Morgan fingerprint density at radius 1 is 0.818 bits per heavy atom. The SMILES string of the molecule is CC1(CCCc2cc(O)c(CCCC3(C)CC3)c(O)c2)CC1. The van der Waals surface area contributed by atoms with Crippen molar-refractivity contribution in [1.29, 1.82) is 0 Å². The summed E-state index contributed by atoms with van der Waals surface area (Å²) in [6.07, 6.45) is 11.8. The van der Waals surface area contributed by atoms with Crippen LogP contribution in [0.1, 0.15) is 76.3 Å². The van der Waals surface area contributed by atoms with Crippen molar-refractivity contribution in [2.24, 2.45) is 10.8 Å². The first-order valence-corrected chi connectivity index (χ1v) is 8.93. The minimum absolute atomic E-state index is 0.286. The maximum atomic E-state index is 10.2. The molecule has 3 rings (SSSR count). The van der Waals surface area contributed by atoms with E-state index in [0.717, 1.165) is 36.8 Å². The maximum Gasteiger partial charge on any atom is 0.122 e. The molecule has 0 atom stereocenters. The summed E-state index contributed by atoms with van der Waals surface area (Å²) in [4.78, 5) is 0. The first-order valence-electron chi connectivity index (χ1n) is 8.93. The van der Waals surface area contributed by atoms with Crippen LogP contribution in [0.25, 0.3) is 0 Å². The van der Waals surface area contributed by atoms with Crippen LogP contribution in [0.4, 0.5) is 0 Å². The largest absolute Gasteiger partial charge is 0.508 e. The van der Waals surface area contributed by atoms with Crippen LogP contribution in [-0.2, 0) is 12.8 Å². The Labute approximate surface area is 134 Å². The fraction of sp³-hybridized carbons (Fsp3) is 0.700. The molecule has 0 bridgehead atoms. The molecule has 0 radical (unpaired) electrons. The quantitative estimate of drug-likeness (QED) is 0.680. The van der Waals surface area contributed by atoms with E-state index in [1.165, 1.54) is 38.5 Å². The van der Waals surface area contributed by atoms with Crippen molar-refractivity contribution in [3.05, 3.63) is 23.3 Å². The summed E-state index contributed by atoms with van der Waals surface area (Å²) < 4.78 is 0. The molecule has 0 aromatic heterocycles. The van der Waals surface area contributed by atoms with Crippen LogP contribution in [-0.4, -0.2) is 10.2 Å². The van der Waals surface area contributed by atoms with Crippen molar-refractivity contribution in [2.45, 2.75) is 78.1 Å². The molecule has 2 heteroatoms. The predicted molar refractivity (Wildman–Crippen MR) is 90.3 cm³/mol. The topological polar surface area (TPSA) is 40.5 Å². The Morgan fingerprint density at radius 2 is 1.27 bits per heavy atom. The van der Waals surface area contributed by atoms with Gasteiger partial charge in [-0.25, -0.2) is 0 Å². The third-order valence-corrected chi connectivity index (χ3v) is 5.92. The van der Waals surface area contributed by atoms with Gasteiger partial charge < -0.3 is 10.2 Å². The number of aromatic hydroxyl groups is 2. The maximum absolute atomic E-state index is 10.2. The van der Waals surface area contributed by atoms with E-state index in [2.05, 4.69) is 13.8 Å². The number of hydrogen-bond donors (Lipinski definition) is 2. The van der Waals surface area contributed by atoms with Crippen LogP contribution < -0.4 is 0 Å². The van der Waals surface area contributed by atoms with Crippen LogP contribution in [0.5, 0.6) is 11.5 Å². The third kappa shape index (κ3) is 3.97. The van der Waals surface area contributed by atoms with E-state index in [1.807, 2.05) is 12.1 Å². The van der Waals surface area contributed by atoms with Gasteiger partial charge in [-0.15, -0.1) is 0 Å². The number of phenols is 2. The molecular formula is C20H30O2. The van der Waals surface area contributed by atoms with Gasteiger partial charge in [0.1, 0.15) is 11.5 Å². The summed E-state index contributed by atoms with van der Waals surface area (Å²) in [6, 6.07) is 3.73. The highest BCUT2D eigenvalue weighted by Gasteiger charge is 2.36. The summed E-state index contributed by atoms with van der Waals surface area (Å²) in [6.45, 7) is 4.68. The zero-order valence-electron chi connectivity index (χ0n) is 14.1. The monoisotopic (exact) mass is 302 g/mol. The standard InChI is InChI=1S/C20H30O2/c1-19(9-10-19)7-3-5-15-13-17(21)16(18(22)14-15)6-4-8-20(2)11-12-20/h13-14,21-22H,3-12H2,1-2H3. The molecule has 0 saturated heterocycles. The Hall–Kier alpha value is -1.18. The van der Waals surface area contributed by atoms with Gasteiger partial charge in [0.25, 0.3) is 0 Å². The summed E-state index contributed by atoms with van der Waals surface area (Å²) in [7, 11) is 0. The summed E-state index contributed by atoms with van der Waals surface area (Å²) >= 11 is 0. The first kappa shape index (κ1) is 15.7. The number of aryl methyl sites for hydroxylation is 1. The van der Waals surface area contributed by atoms with Gasteiger partial charge in [-0.3, -0.25) is 0 Å². The van der Waals surface area contributed by atoms with E-state index in [0.29, 0.717) is 10.8 Å². The second-order valence-electron chi connectivity index (χ2n) is 8.44. The smallest absolute Gasteiger partial charge is 0.122 e. The Balaban J connectivity index is 1.53. The van der Waals surface area contributed by atoms with Crippen LogP contribution in [0.2, 0.25) is 0 Å². The minimum Gasteiger partial charge on any atom is -0.508 e. The number of hydrogen-bond acceptors (Lipinski definition) is 2. The second kappa shape index (κ2) is 5.79. The fourth-order valence-electron chi connectivity index (χ4n) is 3.44. The molecule has 2 aliphatic rings. The van der Waals surface area contributed by atoms with Crippen molar-refractivity contribution in [1.82, 2.24) is 0 Å². The molecule has 122 valence electrons. The van der Waals surface area contributed by atoms with E-state index >= 15 is 0 Å². The molecular weight excluding hydrogens is 272 g/mol. The van der Waals surface area contributed by atoms with Crippen molar-refractivity contribution < 1.29 is 10.2 Å².